The van der Waals surface area contributed by atoms with Crippen LogP contribution in [0.4, 0.5) is 10.5 Å². The van der Waals surface area contributed by atoms with Crippen LogP contribution in [-0.4, -0.2) is 36.7 Å². The van der Waals surface area contributed by atoms with E-state index < -0.39 is 6.10 Å². The number of aryl methyl sites for hydroxylation is 2. The largest absolute Gasteiger partial charge is 0.487 e. The number of ether oxygens (including phenoxy) is 2. The Morgan fingerprint density at radius 2 is 1.43 bits per heavy atom. The van der Waals surface area contributed by atoms with Gasteiger partial charge in [0.05, 0.1) is 11.8 Å². The van der Waals surface area contributed by atoms with Crippen molar-refractivity contribution in [3.8, 4) is 5.75 Å². The molecule has 0 spiro atoms. The third kappa shape index (κ3) is 12.9. The van der Waals surface area contributed by atoms with Crippen LogP contribution in [0.15, 0.2) is 103 Å². The van der Waals surface area contributed by atoms with Gasteiger partial charge < -0.3 is 30.5 Å². The van der Waals surface area contributed by atoms with Gasteiger partial charge in [0.25, 0.3) is 0 Å². The van der Waals surface area contributed by atoms with Gasteiger partial charge in [0.1, 0.15) is 19.0 Å². The molecular weight excluding hydrogens is 590 g/mol. The van der Waals surface area contributed by atoms with Crippen molar-refractivity contribution >= 4 is 18.2 Å². The minimum Gasteiger partial charge on any atom is -0.487 e. The number of hydrogen-bond acceptors (Lipinski definition) is 6. The van der Waals surface area contributed by atoms with Gasteiger partial charge in [-0.2, -0.15) is 0 Å². The molecule has 8 nitrogen and oxygen atoms in total. The summed E-state index contributed by atoms with van der Waals surface area (Å²) < 4.78 is 11.2. The van der Waals surface area contributed by atoms with E-state index in [4.69, 9.17) is 9.47 Å². The number of unbranched alkanes of at least 4 members (excludes halogenated alkanes) is 1. The average molecular weight is 638 g/mol. The number of benzene rings is 4. The Morgan fingerprint density at radius 1 is 0.787 bits per heavy atom. The van der Waals surface area contributed by atoms with Crippen LogP contribution >= 0.6 is 0 Å². The monoisotopic (exact) mass is 637 g/mol. The second-order valence-electron chi connectivity index (χ2n) is 11.8. The number of carbonyl (C=O) groups excluding carboxylic acids is 2. The van der Waals surface area contributed by atoms with Crippen LogP contribution in [0.5, 0.6) is 5.75 Å². The summed E-state index contributed by atoms with van der Waals surface area (Å²) in [5.41, 5.74) is 5.85. The van der Waals surface area contributed by atoms with Gasteiger partial charge in [0.15, 0.2) is 0 Å². The maximum atomic E-state index is 11.9. The maximum Gasteiger partial charge on any atom is 0.407 e. The lowest BCUT2D eigenvalue weighted by atomic mass is 10.0. The van der Waals surface area contributed by atoms with E-state index in [2.05, 4.69) is 47.1 Å². The van der Waals surface area contributed by atoms with E-state index in [-0.39, 0.29) is 18.7 Å². The number of rotatable bonds is 20. The lowest BCUT2D eigenvalue weighted by molar-refractivity contribution is -0.105. The van der Waals surface area contributed by atoms with Crippen molar-refractivity contribution in [1.29, 1.82) is 0 Å². The molecule has 0 bridgehead atoms. The molecule has 1 unspecified atom stereocenters. The number of anilines is 1. The molecule has 0 fully saturated rings. The van der Waals surface area contributed by atoms with Gasteiger partial charge in [-0.3, -0.25) is 4.79 Å². The third-order valence-corrected chi connectivity index (χ3v) is 8.00. The number of carbonyl (C=O) groups is 2. The van der Waals surface area contributed by atoms with Crippen molar-refractivity contribution in [3.63, 3.8) is 0 Å². The first kappa shape index (κ1) is 35.2. The topological polar surface area (TPSA) is 109 Å². The van der Waals surface area contributed by atoms with Crippen LogP contribution in [0, 0.1) is 0 Å². The quantitative estimate of drug-likeness (QED) is 0.0607. The normalized spacial score (nSPS) is 12.1. The predicted molar refractivity (Wildman–Crippen MR) is 186 cm³/mol. The Bertz CT molecular complexity index is 1480. The highest BCUT2D eigenvalue weighted by atomic mass is 16.5. The van der Waals surface area contributed by atoms with E-state index in [0.29, 0.717) is 43.1 Å². The molecule has 8 heteroatoms. The first-order valence-electron chi connectivity index (χ1n) is 16.4. The molecule has 0 aliphatic heterocycles. The summed E-state index contributed by atoms with van der Waals surface area (Å²) >= 11 is 0. The minimum atomic E-state index is -0.718. The number of hydrogen-bond donors (Lipinski definition) is 4. The lowest BCUT2D eigenvalue weighted by Crippen LogP contribution is -2.30. The average Bonchev–Trinajstić information content (AvgIpc) is 3.10. The van der Waals surface area contributed by atoms with Crippen molar-refractivity contribution in [2.24, 2.45) is 0 Å². The van der Waals surface area contributed by atoms with Crippen LogP contribution in [0.2, 0.25) is 0 Å². The number of alkyl carbamates (subject to hydrolysis) is 1. The van der Waals surface area contributed by atoms with Gasteiger partial charge >= 0.3 is 6.09 Å². The van der Waals surface area contributed by atoms with Gasteiger partial charge in [-0.1, -0.05) is 91.0 Å². The van der Waals surface area contributed by atoms with E-state index in [1.54, 1.807) is 12.1 Å². The van der Waals surface area contributed by atoms with Crippen molar-refractivity contribution in [2.75, 3.05) is 18.4 Å². The van der Waals surface area contributed by atoms with Gasteiger partial charge in [-0.25, -0.2) is 4.79 Å². The van der Waals surface area contributed by atoms with Crippen LogP contribution in [-0.2, 0) is 35.6 Å². The Hall–Kier alpha value is -4.66. The molecule has 2 amide bonds. The molecule has 0 aliphatic carbocycles. The molecule has 0 radical (unpaired) electrons. The fourth-order valence-electron chi connectivity index (χ4n) is 5.23. The molecule has 2 atom stereocenters. The highest BCUT2D eigenvalue weighted by Gasteiger charge is 2.13. The number of aliphatic hydroxyl groups is 1. The molecule has 248 valence electrons. The lowest BCUT2D eigenvalue weighted by Gasteiger charge is -2.19. The molecule has 0 heterocycles. The summed E-state index contributed by atoms with van der Waals surface area (Å²) in [5.74, 6) is 0.553. The Kier molecular flexibility index (Phi) is 14.8. The molecule has 4 N–H and O–H groups in total. The van der Waals surface area contributed by atoms with Crippen molar-refractivity contribution < 1.29 is 24.2 Å². The predicted octanol–water partition coefficient (Wildman–Crippen LogP) is 7.12. The Morgan fingerprint density at radius 3 is 2.09 bits per heavy atom. The fourth-order valence-corrected chi connectivity index (χ4v) is 5.23. The maximum absolute atomic E-state index is 11.9. The zero-order valence-corrected chi connectivity index (χ0v) is 27.2. The Labute approximate surface area is 278 Å². The molecule has 0 aliphatic rings. The molecule has 0 saturated carbocycles. The first-order valence-corrected chi connectivity index (χ1v) is 16.4. The summed E-state index contributed by atoms with van der Waals surface area (Å²) in [6, 6.07) is 33.9. The smallest absolute Gasteiger partial charge is 0.407 e. The molecule has 4 rings (SSSR count). The zero-order chi connectivity index (χ0) is 33.1. The van der Waals surface area contributed by atoms with E-state index in [1.165, 1.54) is 11.1 Å². The molecular formula is C39H47N3O5. The zero-order valence-electron chi connectivity index (χ0n) is 27.2. The standard InChI is InChI=1S/C39H47N3O5/c1-30(41-26-37(44)35-22-23-38(36(25-35)42-29-43)46-27-33-13-4-2-5-14-33)11-10-17-32-20-18-31(19-21-32)12-8-9-24-40-39(45)47-28-34-15-6-3-7-16-34/h2-7,13-16,18-23,25,29-30,37,41,44H,8-12,17,24,26-28H2,1H3,(H,40,45)(H,42,43)/t30?,37-/m0/s1. The second kappa shape index (κ2) is 19.8. The molecule has 4 aromatic carbocycles. The van der Waals surface area contributed by atoms with Crippen LogP contribution in [0.25, 0.3) is 0 Å². The van der Waals surface area contributed by atoms with Gasteiger partial charge in [-0.05, 0) is 85.4 Å². The van der Waals surface area contributed by atoms with Crippen molar-refractivity contribution in [2.45, 2.75) is 70.8 Å². The summed E-state index contributed by atoms with van der Waals surface area (Å²) in [4.78, 5) is 23.1. The fraction of sp³-hybridized carbons (Fsp3) is 0.333. The highest BCUT2D eigenvalue weighted by molar-refractivity contribution is 5.76. The summed E-state index contributed by atoms with van der Waals surface area (Å²) in [6.45, 7) is 3.80. The summed E-state index contributed by atoms with van der Waals surface area (Å²) in [6.07, 6.45) is 5.40. The number of nitrogens with one attached hydrogen (secondary N) is 3. The molecule has 47 heavy (non-hydrogen) atoms. The minimum absolute atomic E-state index is 0.245. The molecule has 0 aromatic heterocycles. The molecule has 4 aromatic rings. The molecule has 0 saturated heterocycles. The second-order valence-corrected chi connectivity index (χ2v) is 11.8. The van der Waals surface area contributed by atoms with Crippen LogP contribution in [0.1, 0.15) is 66.5 Å². The summed E-state index contributed by atoms with van der Waals surface area (Å²) in [5, 5.41) is 19.8. The first-order chi connectivity index (χ1) is 23.0. The number of amides is 2. The van der Waals surface area contributed by atoms with Crippen LogP contribution in [0.3, 0.4) is 0 Å². The van der Waals surface area contributed by atoms with Gasteiger partial charge in [-0.15, -0.1) is 0 Å². The van der Waals surface area contributed by atoms with E-state index in [0.717, 1.165) is 49.7 Å². The van der Waals surface area contributed by atoms with Crippen molar-refractivity contribution in [3.05, 3.63) is 131 Å². The number of aliphatic hydroxyl groups excluding tert-OH is 1. The van der Waals surface area contributed by atoms with Crippen molar-refractivity contribution in [1.82, 2.24) is 10.6 Å². The van der Waals surface area contributed by atoms with E-state index >= 15 is 0 Å². The van der Waals surface area contributed by atoms with Gasteiger partial charge in [0, 0.05) is 19.1 Å². The van der Waals surface area contributed by atoms with Crippen LogP contribution < -0.4 is 20.7 Å². The Balaban J connectivity index is 1.08. The van der Waals surface area contributed by atoms with E-state index in [1.807, 2.05) is 66.7 Å². The SMILES string of the molecule is CC(CCCc1ccc(CCCCNC(=O)OCc2ccccc2)cc1)NC[C@H](O)c1ccc(OCc2ccccc2)c(NC=O)c1. The highest BCUT2D eigenvalue weighted by Crippen LogP contribution is 2.29. The van der Waals surface area contributed by atoms with E-state index in [9.17, 15) is 14.7 Å². The third-order valence-electron chi connectivity index (χ3n) is 8.00. The van der Waals surface area contributed by atoms with Gasteiger partial charge in [0.2, 0.25) is 6.41 Å². The summed E-state index contributed by atoms with van der Waals surface area (Å²) in [7, 11) is 0.